The minimum Gasteiger partial charge on any atom is -0.476 e. The summed E-state index contributed by atoms with van der Waals surface area (Å²) in [6.07, 6.45) is -0.279. The number of ether oxygens (including phenoxy) is 2. The Balaban J connectivity index is 0.000000271. The average Bonchev–Trinajstić information content (AvgIpc) is 3.01. The predicted molar refractivity (Wildman–Crippen MR) is 155 cm³/mol. The van der Waals surface area contributed by atoms with Crippen LogP contribution in [0.5, 0.6) is 11.6 Å². The Bertz CT molecular complexity index is 1370. The first-order valence-corrected chi connectivity index (χ1v) is 12.9. The molecule has 4 aromatic rings. The van der Waals surface area contributed by atoms with Gasteiger partial charge in [0.05, 0.1) is 5.29 Å². The molecule has 1 heterocycles. The summed E-state index contributed by atoms with van der Waals surface area (Å²) in [6.45, 7) is 7.83. The normalized spacial score (nSPS) is 11.1. The zero-order valence-corrected chi connectivity index (χ0v) is 23.4. The molecule has 0 bridgehead atoms. The van der Waals surface area contributed by atoms with Crippen molar-refractivity contribution in [3.05, 3.63) is 130 Å². The van der Waals surface area contributed by atoms with E-state index in [-0.39, 0.29) is 0 Å². The molecule has 3 N–H and O–H groups in total. The number of aryl methyl sites for hydroxylation is 2. The summed E-state index contributed by atoms with van der Waals surface area (Å²) in [5.74, 6) is -0.362. The predicted octanol–water partition coefficient (Wildman–Crippen LogP) is 5.95. The Morgan fingerprint density at radius 2 is 1.32 bits per heavy atom. The molecule has 1 aromatic heterocycles. The van der Waals surface area contributed by atoms with Crippen LogP contribution in [0.4, 0.5) is 0 Å². The standard InChI is InChI=1S/C15H15NO3.C14H13N3O3.C2H6/c1-11-6-5-9-13(10-11)19-14(15(17)16-18)12-7-3-2-4-8-12;1-10-7-8-15-12(9-10)20-13(14(18)16-17-19)11-5-3-2-4-6-11;1-2/h2-10,14,18H,1H3,(H,16,17);2-9,13H,1H3,(H,16,18,19);1-2H3. The summed E-state index contributed by atoms with van der Waals surface area (Å²) >= 11 is 0. The molecule has 0 radical (unpaired) electrons. The van der Waals surface area contributed by atoms with E-state index < -0.39 is 24.0 Å². The summed E-state index contributed by atoms with van der Waals surface area (Å²) in [7, 11) is 0. The molecule has 2 amide bonds. The summed E-state index contributed by atoms with van der Waals surface area (Å²) < 4.78 is 11.2. The van der Waals surface area contributed by atoms with Gasteiger partial charge in [-0.3, -0.25) is 14.8 Å². The van der Waals surface area contributed by atoms with Crippen LogP contribution in [0, 0.1) is 18.8 Å². The highest BCUT2D eigenvalue weighted by Gasteiger charge is 2.24. The van der Waals surface area contributed by atoms with E-state index >= 15 is 0 Å². The molecule has 0 saturated carbocycles. The third-order valence-electron chi connectivity index (χ3n) is 5.32. The van der Waals surface area contributed by atoms with Crippen LogP contribution in [0.2, 0.25) is 0 Å². The molecule has 2 atom stereocenters. The quantitative estimate of drug-likeness (QED) is 0.131. The maximum atomic E-state index is 11.9. The van der Waals surface area contributed by atoms with Crippen LogP contribution in [-0.4, -0.2) is 22.0 Å². The van der Waals surface area contributed by atoms with E-state index in [0.29, 0.717) is 22.8 Å². The Morgan fingerprint density at radius 1 is 0.756 bits per heavy atom. The van der Waals surface area contributed by atoms with E-state index in [1.165, 1.54) is 0 Å². The Morgan fingerprint density at radius 3 is 1.83 bits per heavy atom. The molecule has 0 saturated heterocycles. The third kappa shape index (κ3) is 10.5. The van der Waals surface area contributed by atoms with Crippen molar-refractivity contribution < 1.29 is 24.3 Å². The van der Waals surface area contributed by atoms with Gasteiger partial charge in [0.15, 0.2) is 0 Å². The van der Waals surface area contributed by atoms with Crippen molar-refractivity contribution in [3.8, 4) is 11.6 Å². The maximum absolute atomic E-state index is 11.9. The van der Waals surface area contributed by atoms with Gasteiger partial charge in [0, 0.05) is 23.4 Å². The number of carbonyl (C=O) groups excluding carboxylic acids is 2. The van der Waals surface area contributed by atoms with Crippen molar-refractivity contribution in [1.82, 2.24) is 15.9 Å². The van der Waals surface area contributed by atoms with Crippen LogP contribution in [-0.2, 0) is 9.59 Å². The van der Waals surface area contributed by atoms with Gasteiger partial charge in [0.2, 0.25) is 18.1 Å². The molecule has 4 rings (SSSR count). The molecular formula is C31H34N4O6. The van der Waals surface area contributed by atoms with E-state index in [0.717, 1.165) is 11.1 Å². The molecule has 10 nitrogen and oxygen atoms in total. The number of amides is 2. The second-order valence-electron chi connectivity index (χ2n) is 8.35. The highest BCUT2D eigenvalue weighted by Crippen LogP contribution is 2.23. The molecular weight excluding hydrogens is 524 g/mol. The van der Waals surface area contributed by atoms with Gasteiger partial charge in [-0.05, 0) is 43.2 Å². The first-order chi connectivity index (χ1) is 19.9. The lowest BCUT2D eigenvalue weighted by atomic mass is 10.1. The fourth-order valence-corrected chi connectivity index (χ4v) is 3.48. The monoisotopic (exact) mass is 558 g/mol. The molecule has 0 aliphatic carbocycles. The first kappa shape index (κ1) is 32.1. The molecule has 10 heteroatoms. The molecule has 0 aliphatic heterocycles. The van der Waals surface area contributed by atoms with Gasteiger partial charge in [0.1, 0.15) is 5.75 Å². The lowest BCUT2D eigenvalue weighted by molar-refractivity contribution is -0.136. The lowest BCUT2D eigenvalue weighted by Gasteiger charge is -2.17. The topological polar surface area (TPSA) is 139 Å². The third-order valence-corrected chi connectivity index (χ3v) is 5.32. The second kappa shape index (κ2) is 17.5. The molecule has 0 fully saturated rings. The van der Waals surface area contributed by atoms with Crippen molar-refractivity contribution in [1.29, 1.82) is 0 Å². The number of nitrogens with zero attached hydrogens (tertiary/aromatic N) is 2. The summed E-state index contributed by atoms with van der Waals surface area (Å²) in [4.78, 5) is 37.8. The molecule has 0 spiro atoms. The van der Waals surface area contributed by atoms with Crippen molar-refractivity contribution in [3.63, 3.8) is 0 Å². The van der Waals surface area contributed by atoms with Crippen LogP contribution in [0.25, 0.3) is 0 Å². The number of hydroxylamine groups is 1. The number of hydrogen-bond acceptors (Lipinski definition) is 8. The lowest BCUT2D eigenvalue weighted by Crippen LogP contribution is -2.29. The van der Waals surface area contributed by atoms with Crippen molar-refractivity contribution in [2.45, 2.75) is 39.9 Å². The second-order valence-corrected chi connectivity index (χ2v) is 8.35. The number of benzene rings is 3. The number of nitrogens with one attached hydrogen (secondary N) is 2. The average molecular weight is 559 g/mol. The van der Waals surface area contributed by atoms with E-state index in [9.17, 15) is 14.5 Å². The highest BCUT2D eigenvalue weighted by atomic mass is 16.5. The van der Waals surface area contributed by atoms with E-state index in [4.69, 9.17) is 14.7 Å². The Kier molecular flexibility index (Phi) is 13.7. The largest absolute Gasteiger partial charge is 0.476 e. The van der Waals surface area contributed by atoms with Gasteiger partial charge in [-0.25, -0.2) is 15.9 Å². The number of nitroso groups, excluding NO2 is 1. The minimum absolute atomic E-state index is 0.305. The highest BCUT2D eigenvalue weighted by molar-refractivity contribution is 5.82. The van der Waals surface area contributed by atoms with Gasteiger partial charge < -0.3 is 9.47 Å². The van der Waals surface area contributed by atoms with Crippen molar-refractivity contribution in [2.75, 3.05) is 0 Å². The smallest absolute Gasteiger partial charge is 0.289 e. The van der Waals surface area contributed by atoms with E-state index in [2.05, 4.69) is 10.3 Å². The van der Waals surface area contributed by atoms with Crippen LogP contribution < -0.4 is 20.4 Å². The van der Waals surface area contributed by atoms with E-state index in [1.54, 1.807) is 60.2 Å². The summed E-state index contributed by atoms with van der Waals surface area (Å²) in [6, 6.07) is 28.8. The Labute approximate surface area is 239 Å². The number of carbonyl (C=O) groups is 2. The summed E-state index contributed by atoms with van der Waals surface area (Å²) in [5.41, 5.74) is 6.77. The fraction of sp³-hybridized carbons (Fsp3) is 0.194. The number of pyridine rings is 1. The van der Waals surface area contributed by atoms with Gasteiger partial charge in [-0.1, -0.05) is 86.6 Å². The van der Waals surface area contributed by atoms with Crippen LogP contribution in [0.15, 0.2) is 109 Å². The molecule has 0 aliphatic rings. The van der Waals surface area contributed by atoms with Crippen molar-refractivity contribution >= 4 is 11.8 Å². The maximum Gasteiger partial charge on any atom is 0.289 e. The molecule has 214 valence electrons. The van der Waals surface area contributed by atoms with Crippen LogP contribution in [0.3, 0.4) is 0 Å². The van der Waals surface area contributed by atoms with Crippen LogP contribution >= 0.6 is 0 Å². The number of aromatic nitrogens is 1. The van der Waals surface area contributed by atoms with Gasteiger partial charge in [0.25, 0.3) is 11.8 Å². The van der Waals surface area contributed by atoms with E-state index in [1.807, 2.05) is 81.7 Å². The Hall–Kier alpha value is -5.09. The first-order valence-electron chi connectivity index (χ1n) is 12.9. The number of hydrogen-bond donors (Lipinski definition) is 3. The van der Waals surface area contributed by atoms with Gasteiger partial charge in [-0.15, -0.1) is 4.91 Å². The molecule has 2 unspecified atom stereocenters. The van der Waals surface area contributed by atoms with Gasteiger partial charge >= 0.3 is 0 Å². The van der Waals surface area contributed by atoms with Gasteiger partial charge in [-0.2, -0.15) is 0 Å². The number of rotatable bonds is 9. The van der Waals surface area contributed by atoms with Crippen molar-refractivity contribution in [2.24, 2.45) is 5.29 Å². The molecule has 41 heavy (non-hydrogen) atoms. The minimum atomic E-state index is -0.983. The molecule has 3 aromatic carbocycles. The zero-order valence-electron chi connectivity index (χ0n) is 23.4. The van der Waals surface area contributed by atoms with Crippen LogP contribution in [0.1, 0.15) is 48.3 Å². The summed E-state index contributed by atoms with van der Waals surface area (Å²) in [5, 5.41) is 11.2. The zero-order chi connectivity index (χ0) is 30.0. The fourth-order valence-electron chi connectivity index (χ4n) is 3.48. The SMILES string of the molecule is CC.Cc1cccc(OC(C(=O)NO)c2ccccc2)c1.Cc1ccnc(OC(C(=O)NN=O)c2ccccc2)c1.